The van der Waals surface area contributed by atoms with Crippen molar-refractivity contribution in [2.24, 2.45) is 11.8 Å². The Balaban J connectivity index is 3.17. The van der Waals surface area contributed by atoms with Crippen LogP contribution in [0.1, 0.15) is 20.8 Å². The Morgan fingerprint density at radius 1 is 1.25 bits per heavy atom. The van der Waals surface area contributed by atoms with Gasteiger partial charge in [-0.1, -0.05) is 20.8 Å². The molecule has 1 nitrogen and oxygen atoms in total. The molecule has 0 fully saturated rings. The van der Waals surface area contributed by atoms with Gasteiger partial charge in [-0.2, -0.15) is 0 Å². The van der Waals surface area contributed by atoms with Crippen molar-refractivity contribution in [2.45, 2.75) is 20.8 Å². The van der Waals surface area contributed by atoms with Crippen LogP contribution < -0.4 is 0 Å². The van der Waals surface area contributed by atoms with E-state index in [4.69, 9.17) is 4.74 Å². The van der Waals surface area contributed by atoms with Crippen molar-refractivity contribution in [3.63, 3.8) is 0 Å². The van der Waals surface area contributed by atoms with Crippen LogP contribution in [-0.2, 0) is 4.74 Å². The highest BCUT2D eigenvalue weighted by molar-refractivity contribution is 4.53. The van der Waals surface area contributed by atoms with Crippen molar-refractivity contribution in [3.8, 4) is 0 Å². The number of hydrogen-bond acceptors (Lipinski definition) is 1. The molecule has 8 heavy (non-hydrogen) atoms. The summed E-state index contributed by atoms with van der Waals surface area (Å²) in [4.78, 5) is 0. The molecule has 0 aromatic heterocycles. The predicted octanol–water partition coefficient (Wildman–Crippen LogP) is 1.92. The molecule has 0 amide bonds. The summed E-state index contributed by atoms with van der Waals surface area (Å²) in [5, 5.41) is 0. The Morgan fingerprint density at radius 2 is 1.75 bits per heavy atom. The van der Waals surface area contributed by atoms with Crippen LogP contribution in [0, 0.1) is 11.8 Å². The molecule has 0 saturated heterocycles. The van der Waals surface area contributed by atoms with E-state index in [0.717, 1.165) is 12.5 Å². The van der Waals surface area contributed by atoms with Crippen molar-refractivity contribution in [1.82, 2.24) is 0 Å². The smallest absolute Gasteiger partial charge is 0.0490 e. The summed E-state index contributed by atoms with van der Waals surface area (Å²) in [5.41, 5.74) is 0. The number of hydrogen-bond donors (Lipinski definition) is 0. The quantitative estimate of drug-likeness (QED) is 0.547. The fourth-order valence-corrected chi connectivity index (χ4v) is 0.455. The van der Waals surface area contributed by atoms with E-state index in [1.54, 1.807) is 7.11 Å². The summed E-state index contributed by atoms with van der Waals surface area (Å²) in [6.07, 6.45) is 0. The van der Waals surface area contributed by atoms with E-state index in [9.17, 15) is 0 Å². The van der Waals surface area contributed by atoms with Gasteiger partial charge < -0.3 is 4.74 Å². The molecular weight excluding hydrogens is 100 g/mol. The molecule has 0 aromatic rings. The van der Waals surface area contributed by atoms with Gasteiger partial charge in [-0.05, 0) is 11.8 Å². The second-order valence-electron chi connectivity index (χ2n) is 2.68. The molecule has 1 unspecified atom stereocenters. The fraction of sp³-hybridized carbons (Fsp3) is 1.00. The highest BCUT2D eigenvalue weighted by atomic mass is 16.5. The first-order valence-electron chi connectivity index (χ1n) is 3.17. The minimum atomic E-state index is 0.694. The van der Waals surface area contributed by atoms with Gasteiger partial charge in [0.2, 0.25) is 0 Å². The van der Waals surface area contributed by atoms with Crippen LogP contribution >= 0.6 is 0 Å². The second-order valence-corrected chi connectivity index (χ2v) is 2.68. The van der Waals surface area contributed by atoms with Crippen molar-refractivity contribution in [2.75, 3.05) is 13.7 Å². The van der Waals surface area contributed by atoms with Gasteiger partial charge in [-0.3, -0.25) is 0 Å². The lowest BCUT2D eigenvalue weighted by molar-refractivity contribution is 0.138. The number of methoxy groups -OCH3 is 1. The van der Waals surface area contributed by atoms with Gasteiger partial charge in [-0.25, -0.2) is 0 Å². The summed E-state index contributed by atoms with van der Waals surface area (Å²) in [6, 6.07) is 0. The highest BCUT2D eigenvalue weighted by Crippen LogP contribution is 2.08. The number of rotatable bonds is 3. The minimum absolute atomic E-state index is 0.694. The van der Waals surface area contributed by atoms with Gasteiger partial charge >= 0.3 is 0 Å². The first-order chi connectivity index (χ1) is 3.68. The molecule has 0 aromatic carbocycles. The number of ether oxygens (including phenoxy) is 1. The van der Waals surface area contributed by atoms with Crippen molar-refractivity contribution < 1.29 is 4.74 Å². The average Bonchev–Trinajstić information content (AvgIpc) is 1.67. The normalized spacial score (nSPS) is 14.6. The third kappa shape index (κ3) is 3.03. The third-order valence-electron chi connectivity index (χ3n) is 1.57. The van der Waals surface area contributed by atoms with Gasteiger partial charge in [0.15, 0.2) is 0 Å². The molecule has 1 atom stereocenters. The maximum absolute atomic E-state index is 4.96. The molecule has 0 bridgehead atoms. The van der Waals surface area contributed by atoms with Crippen LogP contribution in [0.3, 0.4) is 0 Å². The van der Waals surface area contributed by atoms with Crippen molar-refractivity contribution in [3.05, 3.63) is 0 Å². The molecule has 0 aliphatic heterocycles. The van der Waals surface area contributed by atoms with Crippen LogP contribution in [0.15, 0.2) is 0 Å². The first kappa shape index (κ1) is 7.96. The van der Waals surface area contributed by atoms with Crippen LogP contribution in [0.2, 0.25) is 0 Å². The summed E-state index contributed by atoms with van der Waals surface area (Å²) in [7, 11) is 1.75. The molecule has 1 heteroatoms. The maximum Gasteiger partial charge on any atom is 0.0490 e. The highest BCUT2D eigenvalue weighted by Gasteiger charge is 2.04. The molecule has 0 aliphatic carbocycles. The van der Waals surface area contributed by atoms with E-state index in [1.807, 2.05) is 0 Å². The van der Waals surface area contributed by atoms with E-state index >= 15 is 0 Å². The van der Waals surface area contributed by atoms with Gasteiger partial charge in [-0.15, -0.1) is 0 Å². The lowest BCUT2D eigenvalue weighted by Crippen LogP contribution is -2.09. The predicted molar refractivity (Wildman–Crippen MR) is 35.9 cm³/mol. The molecule has 0 radical (unpaired) electrons. The van der Waals surface area contributed by atoms with Gasteiger partial charge in [0.05, 0.1) is 0 Å². The zero-order valence-electron chi connectivity index (χ0n) is 6.27. The summed E-state index contributed by atoms with van der Waals surface area (Å²) >= 11 is 0. The Bertz CT molecular complexity index is 50.3. The molecule has 0 heterocycles. The third-order valence-corrected chi connectivity index (χ3v) is 1.57. The second kappa shape index (κ2) is 3.90. The van der Waals surface area contributed by atoms with E-state index in [-0.39, 0.29) is 0 Å². The van der Waals surface area contributed by atoms with Gasteiger partial charge in [0.25, 0.3) is 0 Å². The zero-order chi connectivity index (χ0) is 6.57. The van der Waals surface area contributed by atoms with E-state index < -0.39 is 0 Å². The molecule has 50 valence electrons. The molecular formula is C7H16O. The lowest BCUT2D eigenvalue weighted by Gasteiger charge is -2.12. The minimum Gasteiger partial charge on any atom is -0.384 e. The first-order valence-corrected chi connectivity index (χ1v) is 3.17. The van der Waals surface area contributed by atoms with E-state index in [2.05, 4.69) is 20.8 Å². The van der Waals surface area contributed by atoms with Crippen LogP contribution in [-0.4, -0.2) is 13.7 Å². The fourth-order valence-electron chi connectivity index (χ4n) is 0.455. The summed E-state index contributed by atoms with van der Waals surface area (Å²) in [6.45, 7) is 7.51. The summed E-state index contributed by atoms with van der Waals surface area (Å²) < 4.78 is 4.96. The maximum atomic E-state index is 4.96. The van der Waals surface area contributed by atoms with Gasteiger partial charge in [0, 0.05) is 13.7 Å². The summed E-state index contributed by atoms with van der Waals surface area (Å²) in [5.74, 6) is 1.44. The molecule has 0 rings (SSSR count). The Hall–Kier alpha value is -0.0400. The van der Waals surface area contributed by atoms with E-state index in [1.165, 1.54) is 0 Å². The molecule has 0 spiro atoms. The zero-order valence-corrected chi connectivity index (χ0v) is 6.27. The molecule has 0 aliphatic rings. The average molecular weight is 116 g/mol. The lowest BCUT2D eigenvalue weighted by atomic mass is 10.00. The Morgan fingerprint density at radius 3 is 1.88 bits per heavy atom. The topological polar surface area (TPSA) is 9.23 Å². The molecule has 0 saturated carbocycles. The van der Waals surface area contributed by atoms with Crippen LogP contribution in [0.25, 0.3) is 0 Å². The van der Waals surface area contributed by atoms with Crippen LogP contribution in [0.4, 0.5) is 0 Å². The Kier molecular flexibility index (Phi) is 3.88. The molecule has 0 N–H and O–H groups in total. The Labute approximate surface area is 52.0 Å². The van der Waals surface area contributed by atoms with Crippen LogP contribution in [0.5, 0.6) is 0 Å². The van der Waals surface area contributed by atoms with Crippen molar-refractivity contribution >= 4 is 0 Å². The monoisotopic (exact) mass is 116 g/mol. The standard InChI is InChI=1S/C7H16O/c1-6(2)7(3)5-8-4/h6-7H,5H2,1-4H3. The SMILES string of the molecule is COCC(C)C(C)C. The largest absolute Gasteiger partial charge is 0.384 e. The van der Waals surface area contributed by atoms with Gasteiger partial charge in [0.1, 0.15) is 0 Å². The van der Waals surface area contributed by atoms with Crippen molar-refractivity contribution in [1.29, 1.82) is 0 Å². The van der Waals surface area contributed by atoms with E-state index in [0.29, 0.717) is 5.92 Å².